The summed E-state index contributed by atoms with van der Waals surface area (Å²) in [7, 11) is 1.75. The van der Waals surface area contributed by atoms with Crippen LogP contribution in [0.2, 0.25) is 0 Å². The predicted octanol–water partition coefficient (Wildman–Crippen LogP) is 4.36. The lowest BCUT2D eigenvalue weighted by Crippen LogP contribution is -2.26. The van der Waals surface area contributed by atoms with Gasteiger partial charge in [-0.3, -0.25) is 4.79 Å². The number of amides is 1. The van der Waals surface area contributed by atoms with Gasteiger partial charge in [0.1, 0.15) is 0 Å². The van der Waals surface area contributed by atoms with Crippen molar-refractivity contribution in [3.8, 4) is 6.07 Å². The Morgan fingerprint density at radius 2 is 2.00 bits per heavy atom. The predicted molar refractivity (Wildman–Crippen MR) is 88.8 cm³/mol. The molecule has 0 bridgehead atoms. The highest BCUT2D eigenvalue weighted by molar-refractivity contribution is 9.11. The first-order chi connectivity index (χ1) is 10.0. The van der Waals surface area contributed by atoms with Gasteiger partial charge in [0.25, 0.3) is 5.91 Å². The van der Waals surface area contributed by atoms with Crippen molar-refractivity contribution in [3.63, 3.8) is 0 Å². The summed E-state index contributed by atoms with van der Waals surface area (Å²) in [6, 6.07) is 14.8. The molecule has 2 rings (SSSR count). The molecule has 0 radical (unpaired) electrons. The van der Waals surface area contributed by atoms with Crippen LogP contribution in [0, 0.1) is 11.3 Å². The minimum Gasteiger partial charge on any atom is -0.337 e. The molecule has 0 N–H and O–H groups in total. The van der Waals surface area contributed by atoms with Crippen LogP contribution in [0.3, 0.4) is 0 Å². The quantitative estimate of drug-likeness (QED) is 0.758. The number of nitriles is 1. The molecule has 0 aliphatic heterocycles. The fourth-order valence-corrected chi connectivity index (χ4v) is 3.17. The maximum absolute atomic E-state index is 12.5. The molecular formula is C16H12Br2N2O. The van der Waals surface area contributed by atoms with Crippen LogP contribution in [0.25, 0.3) is 0 Å². The number of carbonyl (C=O) groups is 1. The molecule has 5 heteroatoms. The zero-order valence-corrected chi connectivity index (χ0v) is 14.5. The monoisotopic (exact) mass is 406 g/mol. The zero-order chi connectivity index (χ0) is 15.4. The maximum Gasteiger partial charge on any atom is 0.255 e. The van der Waals surface area contributed by atoms with Gasteiger partial charge in [-0.05, 0) is 51.8 Å². The van der Waals surface area contributed by atoms with Gasteiger partial charge in [-0.2, -0.15) is 5.26 Å². The Morgan fingerprint density at radius 1 is 1.24 bits per heavy atom. The Kier molecular flexibility index (Phi) is 5.16. The van der Waals surface area contributed by atoms with Gasteiger partial charge >= 0.3 is 0 Å². The Morgan fingerprint density at radius 3 is 2.67 bits per heavy atom. The summed E-state index contributed by atoms with van der Waals surface area (Å²) < 4.78 is 1.66. The summed E-state index contributed by atoms with van der Waals surface area (Å²) in [6.07, 6.45) is 0. The van der Waals surface area contributed by atoms with E-state index in [1.807, 2.05) is 24.3 Å². The number of hydrogen-bond acceptors (Lipinski definition) is 2. The van der Waals surface area contributed by atoms with E-state index in [9.17, 15) is 4.79 Å². The van der Waals surface area contributed by atoms with E-state index in [0.29, 0.717) is 17.7 Å². The van der Waals surface area contributed by atoms with Crippen molar-refractivity contribution in [2.45, 2.75) is 6.54 Å². The van der Waals surface area contributed by atoms with E-state index in [-0.39, 0.29) is 5.91 Å². The van der Waals surface area contributed by atoms with E-state index in [0.717, 1.165) is 14.5 Å². The van der Waals surface area contributed by atoms with E-state index in [4.69, 9.17) is 5.26 Å². The molecule has 0 aromatic heterocycles. The number of benzene rings is 2. The summed E-state index contributed by atoms with van der Waals surface area (Å²) in [5.41, 5.74) is 2.13. The fourth-order valence-electron chi connectivity index (χ4n) is 1.95. The Hall–Kier alpha value is -1.64. The Bertz CT molecular complexity index is 722. The number of nitrogens with zero attached hydrogens (tertiary/aromatic N) is 2. The Balaban J connectivity index is 2.17. The zero-order valence-electron chi connectivity index (χ0n) is 11.3. The maximum atomic E-state index is 12.5. The van der Waals surface area contributed by atoms with E-state index in [2.05, 4.69) is 37.9 Å². The van der Waals surface area contributed by atoms with Crippen LogP contribution in [-0.2, 0) is 6.54 Å². The molecular weight excluding hydrogens is 396 g/mol. The van der Waals surface area contributed by atoms with Crippen LogP contribution in [0.4, 0.5) is 0 Å². The second-order valence-electron chi connectivity index (χ2n) is 4.60. The number of hydrogen-bond donors (Lipinski definition) is 0. The molecule has 21 heavy (non-hydrogen) atoms. The third-order valence-corrected chi connectivity index (χ3v) is 4.13. The lowest BCUT2D eigenvalue weighted by atomic mass is 10.1. The normalized spacial score (nSPS) is 10.0. The SMILES string of the molecule is CN(Cc1cccc(C#N)c1)C(=O)c1ccc(Br)cc1Br. The van der Waals surface area contributed by atoms with Crippen molar-refractivity contribution in [1.82, 2.24) is 4.90 Å². The van der Waals surface area contributed by atoms with Gasteiger partial charge in [-0.1, -0.05) is 28.1 Å². The molecule has 2 aromatic carbocycles. The summed E-state index contributed by atoms with van der Waals surface area (Å²) in [4.78, 5) is 14.1. The van der Waals surface area contributed by atoms with E-state index >= 15 is 0 Å². The second-order valence-corrected chi connectivity index (χ2v) is 6.37. The minimum atomic E-state index is -0.0725. The second kappa shape index (κ2) is 6.88. The number of carbonyl (C=O) groups excluding carboxylic acids is 1. The van der Waals surface area contributed by atoms with Crippen molar-refractivity contribution in [3.05, 3.63) is 68.1 Å². The molecule has 0 aliphatic carbocycles. The van der Waals surface area contributed by atoms with Crippen LogP contribution in [0.1, 0.15) is 21.5 Å². The average Bonchev–Trinajstić information content (AvgIpc) is 2.46. The summed E-state index contributed by atoms with van der Waals surface area (Å²) in [6.45, 7) is 0.455. The van der Waals surface area contributed by atoms with Crippen molar-refractivity contribution >= 4 is 37.8 Å². The molecule has 0 unspecified atom stereocenters. The van der Waals surface area contributed by atoms with E-state index in [1.54, 1.807) is 30.1 Å². The molecule has 0 saturated heterocycles. The molecule has 1 amide bonds. The lowest BCUT2D eigenvalue weighted by Gasteiger charge is -2.18. The number of rotatable bonds is 3. The third-order valence-electron chi connectivity index (χ3n) is 2.98. The molecule has 3 nitrogen and oxygen atoms in total. The van der Waals surface area contributed by atoms with E-state index in [1.165, 1.54) is 0 Å². The molecule has 0 atom stereocenters. The van der Waals surface area contributed by atoms with Gasteiger partial charge in [-0.25, -0.2) is 0 Å². The van der Waals surface area contributed by atoms with E-state index < -0.39 is 0 Å². The lowest BCUT2D eigenvalue weighted by molar-refractivity contribution is 0.0784. The topological polar surface area (TPSA) is 44.1 Å². The first-order valence-corrected chi connectivity index (χ1v) is 7.79. The van der Waals surface area contributed by atoms with Crippen molar-refractivity contribution in [2.75, 3.05) is 7.05 Å². The van der Waals surface area contributed by atoms with Gasteiger partial charge in [0.05, 0.1) is 17.2 Å². The highest BCUT2D eigenvalue weighted by atomic mass is 79.9. The van der Waals surface area contributed by atoms with Crippen molar-refractivity contribution in [1.29, 1.82) is 5.26 Å². The van der Waals surface area contributed by atoms with Crippen LogP contribution in [0.5, 0.6) is 0 Å². The van der Waals surface area contributed by atoms with Gasteiger partial charge in [0.15, 0.2) is 0 Å². The minimum absolute atomic E-state index is 0.0725. The van der Waals surface area contributed by atoms with Gasteiger partial charge in [-0.15, -0.1) is 0 Å². The molecule has 0 heterocycles. The van der Waals surface area contributed by atoms with Crippen molar-refractivity contribution in [2.24, 2.45) is 0 Å². The summed E-state index contributed by atoms with van der Waals surface area (Å²) in [5.74, 6) is -0.0725. The molecule has 0 aliphatic rings. The average molecular weight is 408 g/mol. The fraction of sp³-hybridized carbons (Fsp3) is 0.125. The smallest absolute Gasteiger partial charge is 0.255 e. The highest BCUT2D eigenvalue weighted by Gasteiger charge is 2.15. The summed E-state index contributed by atoms with van der Waals surface area (Å²) in [5, 5.41) is 8.90. The third kappa shape index (κ3) is 3.93. The first kappa shape index (κ1) is 15.7. The highest BCUT2D eigenvalue weighted by Crippen LogP contribution is 2.23. The van der Waals surface area contributed by atoms with Crippen LogP contribution < -0.4 is 0 Å². The largest absolute Gasteiger partial charge is 0.337 e. The molecule has 0 fully saturated rings. The molecule has 2 aromatic rings. The summed E-state index contributed by atoms with van der Waals surface area (Å²) >= 11 is 6.77. The first-order valence-electron chi connectivity index (χ1n) is 6.21. The van der Waals surface area contributed by atoms with Crippen LogP contribution in [0.15, 0.2) is 51.4 Å². The van der Waals surface area contributed by atoms with Crippen LogP contribution >= 0.6 is 31.9 Å². The van der Waals surface area contributed by atoms with Crippen LogP contribution in [-0.4, -0.2) is 17.9 Å². The van der Waals surface area contributed by atoms with Gasteiger partial charge < -0.3 is 4.90 Å². The molecule has 106 valence electrons. The Labute approximate surface area is 140 Å². The number of halogens is 2. The van der Waals surface area contributed by atoms with Gasteiger partial charge in [0.2, 0.25) is 0 Å². The molecule has 0 spiro atoms. The van der Waals surface area contributed by atoms with Crippen molar-refractivity contribution < 1.29 is 4.79 Å². The molecule has 0 saturated carbocycles. The standard InChI is InChI=1S/C16H12Br2N2O/c1-20(10-12-4-2-3-11(7-12)9-19)16(21)14-6-5-13(17)8-15(14)18/h2-8H,10H2,1H3. The van der Waals surface area contributed by atoms with Gasteiger partial charge in [0, 0.05) is 22.5 Å².